The van der Waals surface area contributed by atoms with E-state index in [9.17, 15) is 0 Å². The van der Waals surface area contributed by atoms with Crippen LogP contribution >= 0.6 is 0 Å². The predicted octanol–water partition coefficient (Wildman–Crippen LogP) is 1.41. The first-order valence-electron chi connectivity index (χ1n) is 7.13. The quantitative estimate of drug-likeness (QED) is 0.740. The molecule has 0 spiro atoms. The summed E-state index contributed by atoms with van der Waals surface area (Å²) in [4.78, 5) is 8.59. The standard InChI is InChI=1S/C15H17N5O2/c1-11-3-2-4-12(9-11)15-18-14(22-19-15)6-5-13-16-10-17-20(13)7-8-21/h2-4,9-10,21H,5-8H2,1H3. The number of aliphatic hydroxyl groups is 1. The summed E-state index contributed by atoms with van der Waals surface area (Å²) in [5, 5.41) is 17.0. The summed E-state index contributed by atoms with van der Waals surface area (Å²) < 4.78 is 6.97. The molecule has 0 amide bonds. The highest BCUT2D eigenvalue weighted by Crippen LogP contribution is 2.17. The fourth-order valence-corrected chi connectivity index (χ4v) is 2.24. The van der Waals surface area contributed by atoms with E-state index in [0.29, 0.717) is 31.1 Å². The fourth-order valence-electron chi connectivity index (χ4n) is 2.24. The van der Waals surface area contributed by atoms with Crippen molar-refractivity contribution in [1.29, 1.82) is 0 Å². The van der Waals surface area contributed by atoms with E-state index in [4.69, 9.17) is 9.63 Å². The molecule has 0 bridgehead atoms. The minimum atomic E-state index is 0.0361. The van der Waals surface area contributed by atoms with Crippen molar-refractivity contribution in [2.45, 2.75) is 26.3 Å². The minimum absolute atomic E-state index is 0.0361. The van der Waals surface area contributed by atoms with E-state index in [1.54, 1.807) is 4.68 Å². The number of aryl methyl sites for hydroxylation is 3. The van der Waals surface area contributed by atoms with Crippen LogP contribution in [0.25, 0.3) is 11.4 Å². The topological polar surface area (TPSA) is 89.9 Å². The summed E-state index contributed by atoms with van der Waals surface area (Å²) in [5.74, 6) is 1.95. The molecule has 0 unspecified atom stereocenters. The number of nitrogens with zero attached hydrogens (tertiary/aromatic N) is 5. The average molecular weight is 299 g/mol. The van der Waals surface area contributed by atoms with Crippen molar-refractivity contribution >= 4 is 0 Å². The molecule has 2 heterocycles. The molecule has 0 aliphatic carbocycles. The van der Waals surface area contributed by atoms with E-state index in [-0.39, 0.29) is 6.61 Å². The third-order valence-electron chi connectivity index (χ3n) is 3.31. The van der Waals surface area contributed by atoms with Gasteiger partial charge in [-0.3, -0.25) is 0 Å². The monoisotopic (exact) mass is 299 g/mol. The van der Waals surface area contributed by atoms with E-state index >= 15 is 0 Å². The molecular formula is C15H17N5O2. The Kier molecular flexibility index (Phi) is 4.24. The van der Waals surface area contributed by atoms with Crippen LogP contribution in [0.15, 0.2) is 35.1 Å². The van der Waals surface area contributed by atoms with Crippen LogP contribution in [0.3, 0.4) is 0 Å². The molecule has 0 aliphatic rings. The molecule has 7 heteroatoms. The van der Waals surface area contributed by atoms with Gasteiger partial charge in [0, 0.05) is 18.4 Å². The Labute approximate surface area is 127 Å². The zero-order valence-corrected chi connectivity index (χ0v) is 12.3. The second-order valence-electron chi connectivity index (χ2n) is 5.00. The third kappa shape index (κ3) is 3.20. The Bertz CT molecular complexity index is 750. The van der Waals surface area contributed by atoms with E-state index in [0.717, 1.165) is 17.0 Å². The lowest BCUT2D eigenvalue weighted by atomic mass is 10.1. The lowest BCUT2D eigenvalue weighted by Crippen LogP contribution is -2.09. The Morgan fingerprint density at radius 1 is 1.27 bits per heavy atom. The van der Waals surface area contributed by atoms with Gasteiger partial charge in [-0.1, -0.05) is 28.9 Å². The van der Waals surface area contributed by atoms with Crippen LogP contribution in [0, 0.1) is 6.92 Å². The molecule has 0 atom stereocenters. The molecule has 0 aliphatic heterocycles. The van der Waals surface area contributed by atoms with Gasteiger partial charge in [0.2, 0.25) is 11.7 Å². The van der Waals surface area contributed by atoms with Crippen molar-refractivity contribution in [3.8, 4) is 11.4 Å². The number of hydrogen-bond donors (Lipinski definition) is 1. The molecule has 0 fully saturated rings. The highest BCUT2D eigenvalue weighted by atomic mass is 16.5. The third-order valence-corrected chi connectivity index (χ3v) is 3.31. The summed E-state index contributed by atoms with van der Waals surface area (Å²) >= 11 is 0. The number of aromatic nitrogens is 5. The normalized spacial score (nSPS) is 11.0. The summed E-state index contributed by atoms with van der Waals surface area (Å²) in [5.41, 5.74) is 2.10. The first-order chi connectivity index (χ1) is 10.8. The average Bonchev–Trinajstić information content (AvgIpc) is 3.15. The van der Waals surface area contributed by atoms with Crippen LogP contribution in [0.1, 0.15) is 17.3 Å². The van der Waals surface area contributed by atoms with Gasteiger partial charge in [-0.2, -0.15) is 10.1 Å². The molecule has 3 aromatic rings. The maximum atomic E-state index is 8.97. The SMILES string of the molecule is Cc1cccc(-c2noc(CCc3ncnn3CCO)n2)c1. The molecular weight excluding hydrogens is 282 g/mol. The van der Waals surface area contributed by atoms with Gasteiger partial charge >= 0.3 is 0 Å². The predicted molar refractivity (Wildman–Crippen MR) is 79.0 cm³/mol. The van der Waals surface area contributed by atoms with E-state index in [1.807, 2.05) is 31.2 Å². The van der Waals surface area contributed by atoms with Crippen molar-refractivity contribution in [3.63, 3.8) is 0 Å². The van der Waals surface area contributed by atoms with Gasteiger partial charge in [-0.05, 0) is 13.0 Å². The smallest absolute Gasteiger partial charge is 0.227 e. The molecule has 114 valence electrons. The Hall–Kier alpha value is -2.54. The van der Waals surface area contributed by atoms with Crippen molar-refractivity contribution in [3.05, 3.63) is 47.9 Å². The van der Waals surface area contributed by atoms with Crippen LogP contribution < -0.4 is 0 Å². The van der Waals surface area contributed by atoms with Gasteiger partial charge in [-0.25, -0.2) is 9.67 Å². The first kappa shape index (κ1) is 14.4. The molecule has 1 aromatic carbocycles. The van der Waals surface area contributed by atoms with Crippen LogP contribution in [0.4, 0.5) is 0 Å². The molecule has 2 aromatic heterocycles. The second-order valence-corrected chi connectivity index (χ2v) is 5.00. The van der Waals surface area contributed by atoms with Crippen molar-refractivity contribution < 1.29 is 9.63 Å². The zero-order chi connectivity index (χ0) is 15.4. The van der Waals surface area contributed by atoms with Gasteiger partial charge in [0.1, 0.15) is 12.2 Å². The molecule has 0 radical (unpaired) electrons. The summed E-state index contributed by atoms with van der Waals surface area (Å²) in [6.45, 7) is 2.50. The first-order valence-corrected chi connectivity index (χ1v) is 7.13. The van der Waals surface area contributed by atoms with Crippen molar-refractivity contribution in [2.75, 3.05) is 6.61 Å². The van der Waals surface area contributed by atoms with Gasteiger partial charge in [0.05, 0.1) is 13.2 Å². The zero-order valence-electron chi connectivity index (χ0n) is 12.3. The minimum Gasteiger partial charge on any atom is -0.394 e. The summed E-state index contributed by atoms with van der Waals surface area (Å²) in [7, 11) is 0. The number of benzene rings is 1. The van der Waals surface area contributed by atoms with Gasteiger partial charge in [-0.15, -0.1) is 0 Å². The van der Waals surface area contributed by atoms with Crippen LogP contribution in [0.2, 0.25) is 0 Å². The summed E-state index contributed by atoms with van der Waals surface area (Å²) in [6.07, 6.45) is 2.70. The van der Waals surface area contributed by atoms with Crippen LogP contribution in [0.5, 0.6) is 0 Å². The maximum absolute atomic E-state index is 8.97. The van der Waals surface area contributed by atoms with Crippen LogP contribution in [-0.4, -0.2) is 36.6 Å². The lowest BCUT2D eigenvalue weighted by molar-refractivity contribution is 0.266. The molecule has 0 saturated carbocycles. The number of rotatable bonds is 6. The Balaban J connectivity index is 1.68. The van der Waals surface area contributed by atoms with E-state index in [2.05, 4.69) is 20.2 Å². The van der Waals surface area contributed by atoms with Crippen molar-refractivity contribution in [2.24, 2.45) is 0 Å². The van der Waals surface area contributed by atoms with E-state index < -0.39 is 0 Å². The Morgan fingerprint density at radius 3 is 3.00 bits per heavy atom. The molecule has 3 rings (SSSR count). The highest BCUT2D eigenvalue weighted by Gasteiger charge is 2.11. The fraction of sp³-hybridized carbons (Fsp3) is 0.333. The highest BCUT2D eigenvalue weighted by molar-refractivity contribution is 5.55. The van der Waals surface area contributed by atoms with Gasteiger partial charge in [0.25, 0.3) is 0 Å². The molecule has 7 nitrogen and oxygen atoms in total. The van der Waals surface area contributed by atoms with E-state index in [1.165, 1.54) is 6.33 Å². The summed E-state index contributed by atoms with van der Waals surface area (Å²) in [6, 6.07) is 7.97. The second kappa shape index (κ2) is 6.48. The maximum Gasteiger partial charge on any atom is 0.227 e. The van der Waals surface area contributed by atoms with Gasteiger partial charge in [0.15, 0.2) is 0 Å². The Morgan fingerprint density at radius 2 is 2.18 bits per heavy atom. The number of aliphatic hydroxyl groups excluding tert-OH is 1. The molecule has 1 N–H and O–H groups in total. The molecule has 0 saturated heterocycles. The van der Waals surface area contributed by atoms with Crippen LogP contribution in [-0.2, 0) is 19.4 Å². The molecule has 22 heavy (non-hydrogen) atoms. The number of hydrogen-bond acceptors (Lipinski definition) is 6. The van der Waals surface area contributed by atoms with Crippen molar-refractivity contribution in [1.82, 2.24) is 24.9 Å². The van der Waals surface area contributed by atoms with Gasteiger partial charge < -0.3 is 9.63 Å². The largest absolute Gasteiger partial charge is 0.394 e. The lowest BCUT2D eigenvalue weighted by Gasteiger charge is -2.01.